The highest BCUT2D eigenvalue weighted by Gasteiger charge is 2.33. The van der Waals surface area contributed by atoms with Crippen LogP contribution in [0.4, 0.5) is 4.79 Å². The van der Waals surface area contributed by atoms with Gasteiger partial charge in [0, 0.05) is 0 Å². The molecule has 1 fully saturated rings. The average molecular weight is 373 g/mol. The number of imide groups is 1. The number of amides is 3. The Morgan fingerprint density at radius 3 is 2.50 bits per heavy atom. The van der Waals surface area contributed by atoms with Crippen molar-refractivity contribution in [3.63, 3.8) is 0 Å². The lowest BCUT2D eigenvalue weighted by atomic mass is 10.1. The predicted octanol–water partition coefficient (Wildman–Crippen LogP) is 3.45. The van der Waals surface area contributed by atoms with Crippen LogP contribution in [0.3, 0.4) is 0 Å². The molecular weight excluding hydrogens is 356 g/mol. The second-order valence-corrected chi connectivity index (χ2v) is 6.01. The Balaban J connectivity index is 1.87. The van der Waals surface area contributed by atoms with Gasteiger partial charge in [0.2, 0.25) is 0 Å². The lowest BCUT2D eigenvalue weighted by Crippen LogP contribution is -2.30. The molecule has 7 heteroatoms. The zero-order valence-electron chi connectivity index (χ0n) is 14.3. The molecule has 2 aromatic rings. The topological polar surface area (TPSA) is 67.9 Å². The largest absolute Gasteiger partial charge is 0.493 e. The summed E-state index contributed by atoms with van der Waals surface area (Å²) in [5.41, 5.74) is 1.65. The van der Waals surface area contributed by atoms with Crippen molar-refractivity contribution in [2.75, 3.05) is 14.2 Å². The molecule has 2 aromatic carbocycles. The van der Waals surface area contributed by atoms with Gasteiger partial charge in [-0.3, -0.25) is 9.69 Å². The quantitative estimate of drug-likeness (QED) is 0.644. The van der Waals surface area contributed by atoms with Crippen molar-refractivity contribution in [2.45, 2.75) is 6.54 Å². The first-order chi connectivity index (χ1) is 12.5. The van der Waals surface area contributed by atoms with E-state index in [1.54, 1.807) is 18.2 Å². The molecule has 0 saturated carbocycles. The summed E-state index contributed by atoms with van der Waals surface area (Å²) in [7, 11) is 2.99. The highest BCUT2D eigenvalue weighted by molar-refractivity contribution is 6.32. The third-order valence-electron chi connectivity index (χ3n) is 3.91. The van der Waals surface area contributed by atoms with E-state index >= 15 is 0 Å². The van der Waals surface area contributed by atoms with Gasteiger partial charge in [-0.1, -0.05) is 41.9 Å². The molecule has 0 spiro atoms. The Labute approximate surface area is 156 Å². The molecule has 1 aliphatic heterocycles. The number of nitrogens with one attached hydrogen (secondary N) is 1. The average Bonchev–Trinajstić information content (AvgIpc) is 2.89. The number of carbonyl (C=O) groups is 2. The zero-order valence-corrected chi connectivity index (χ0v) is 15.0. The van der Waals surface area contributed by atoms with Crippen LogP contribution in [0.1, 0.15) is 11.1 Å². The van der Waals surface area contributed by atoms with Crippen LogP contribution >= 0.6 is 11.6 Å². The molecule has 0 aliphatic carbocycles. The van der Waals surface area contributed by atoms with Gasteiger partial charge in [-0.05, 0) is 29.3 Å². The first-order valence-corrected chi connectivity index (χ1v) is 8.21. The van der Waals surface area contributed by atoms with E-state index < -0.39 is 11.9 Å². The van der Waals surface area contributed by atoms with Gasteiger partial charge >= 0.3 is 6.03 Å². The third-order valence-corrected chi connectivity index (χ3v) is 4.19. The highest BCUT2D eigenvalue weighted by Crippen LogP contribution is 2.36. The van der Waals surface area contributed by atoms with Crippen LogP contribution in [0, 0.1) is 0 Å². The lowest BCUT2D eigenvalue weighted by Gasteiger charge is -2.11. The predicted molar refractivity (Wildman–Crippen MR) is 98.1 cm³/mol. The van der Waals surface area contributed by atoms with Crippen molar-refractivity contribution in [1.29, 1.82) is 0 Å². The van der Waals surface area contributed by atoms with Crippen LogP contribution in [0.25, 0.3) is 6.08 Å². The Morgan fingerprint density at radius 2 is 1.85 bits per heavy atom. The van der Waals surface area contributed by atoms with E-state index in [9.17, 15) is 9.59 Å². The molecule has 26 heavy (non-hydrogen) atoms. The smallest absolute Gasteiger partial charge is 0.329 e. The van der Waals surface area contributed by atoms with Crippen LogP contribution in [0.5, 0.6) is 11.5 Å². The van der Waals surface area contributed by atoms with Gasteiger partial charge in [-0.15, -0.1) is 0 Å². The molecule has 0 aromatic heterocycles. The van der Waals surface area contributed by atoms with Crippen molar-refractivity contribution in [3.8, 4) is 11.5 Å². The maximum absolute atomic E-state index is 12.6. The monoisotopic (exact) mass is 372 g/mol. The number of methoxy groups -OCH3 is 2. The number of benzene rings is 2. The van der Waals surface area contributed by atoms with E-state index in [0.717, 1.165) is 10.5 Å². The fourth-order valence-electron chi connectivity index (χ4n) is 2.67. The maximum atomic E-state index is 12.6. The zero-order chi connectivity index (χ0) is 18.7. The maximum Gasteiger partial charge on any atom is 0.329 e. The molecule has 0 atom stereocenters. The van der Waals surface area contributed by atoms with Gasteiger partial charge in [0.15, 0.2) is 11.5 Å². The van der Waals surface area contributed by atoms with Crippen LogP contribution in [-0.4, -0.2) is 31.1 Å². The number of rotatable bonds is 5. The van der Waals surface area contributed by atoms with Gasteiger partial charge in [0.1, 0.15) is 5.70 Å². The van der Waals surface area contributed by atoms with Gasteiger partial charge < -0.3 is 14.8 Å². The number of hydrogen-bond donors (Lipinski definition) is 1. The molecule has 3 amide bonds. The van der Waals surface area contributed by atoms with E-state index in [1.807, 2.05) is 30.3 Å². The molecule has 0 radical (unpaired) electrons. The van der Waals surface area contributed by atoms with Crippen LogP contribution in [0.15, 0.2) is 48.2 Å². The first kappa shape index (κ1) is 17.8. The molecule has 1 saturated heterocycles. The number of urea groups is 1. The first-order valence-electron chi connectivity index (χ1n) is 7.83. The SMILES string of the molecule is COc1cc(/C=C2\NC(=O)N(Cc3ccccc3)C2=O)cc(Cl)c1OC. The molecule has 134 valence electrons. The van der Waals surface area contributed by atoms with Gasteiger partial charge in [0.05, 0.1) is 25.8 Å². The minimum atomic E-state index is -0.461. The van der Waals surface area contributed by atoms with Crippen molar-refractivity contribution < 1.29 is 19.1 Å². The van der Waals surface area contributed by atoms with Crippen molar-refractivity contribution >= 4 is 29.6 Å². The molecule has 0 unspecified atom stereocenters. The summed E-state index contributed by atoms with van der Waals surface area (Å²) >= 11 is 6.18. The Hall–Kier alpha value is -2.99. The number of halogens is 1. The van der Waals surface area contributed by atoms with Crippen LogP contribution in [0.2, 0.25) is 5.02 Å². The second kappa shape index (κ2) is 7.49. The van der Waals surface area contributed by atoms with E-state index in [4.69, 9.17) is 21.1 Å². The van der Waals surface area contributed by atoms with Crippen LogP contribution in [-0.2, 0) is 11.3 Å². The molecule has 3 rings (SSSR count). The molecule has 0 bridgehead atoms. The van der Waals surface area contributed by atoms with Crippen molar-refractivity contribution in [2.24, 2.45) is 0 Å². The lowest BCUT2D eigenvalue weighted by molar-refractivity contribution is -0.123. The van der Waals surface area contributed by atoms with E-state index in [2.05, 4.69) is 5.32 Å². The molecule has 1 N–H and O–H groups in total. The molecule has 1 heterocycles. The number of carbonyl (C=O) groups excluding carboxylic acids is 2. The molecule has 1 aliphatic rings. The van der Waals surface area contributed by atoms with Crippen molar-refractivity contribution in [3.05, 3.63) is 64.3 Å². The normalized spacial score (nSPS) is 15.3. The van der Waals surface area contributed by atoms with E-state index in [-0.39, 0.29) is 12.2 Å². The third kappa shape index (κ3) is 3.50. The Morgan fingerprint density at radius 1 is 1.12 bits per heavy atom. The summed E-state index contributed by atoms with van der Waals surface area (Å²) in [4.78, 5) is 25.9. The fraction of sp³-hybridized carbons (Fsp3) is 0.158. The summed E-state index contributed by atoms with van der Waals surface area (Å²) in [6, 6.07) is 12.2. The molecular formula is C19H17ClN2O4. The van der Waals surface area contributed by atoms with Crippen LogP contribution < -0.4 is 14.8 Å². The van der Waals surface area contributed by atoms with Gasteiger partial charge in [-0.25, -0.2) is 4.79 Å². The van der Waals surface area contributed by atoms with Gasteiger partial charge in [-0.2, -0.15) is 0 Å². The second-order valence-electron chi connectivity index (χ2n) is 5.60. The van der Waals surface area contributed by atoms with Crippen molar-refractivity contribution in [1.82, 2.24) is 10.2 Å². The van der Waals surface area contributed by atoms with Gasteiger partial charge in [0.25, 0.3) is 5.91 Å². The highest BCUT2D eigenvalue weighted by atomic mass is 35.5. The van der Waals surface area contributed by atoms with E-state index in [1.165, 1.54) is 14.2 Å². The number of nitrogens with zero attached hydrogens (tertiary/aromatic N) is 1. The number of hydrogen-bond acceptors (Lipinski definition) is 4. The Bertz CT molecular complexity index is 881. The van der Waals surface area contributed by atoms with E-state index in [0.29, 0.717) is 22.1 Å². The fourth-order valence-corrected chi connectivity index (χ4v) is 2.97. The minimum Gasteiger partial charge on any atom is -0.493 e. The summed E-state index contributed by atoms with van der Waals surface area (Å²) < 4.78 is 10.4. The standard InChI is InChI=1S/C19H17ClN2O4/c1-25-16-10-13(8-14(20)17(16)26-2)9-15-18(23)22(19(24)21-15)11-12-6-4-3-5-7-12/h3-10H,11H2,1-2H3,(H,21,24)/b15-9-. The minimum absolute atomic E-state index is 0.175. The summed E-state index contributed by atoms with van der Waals surface area (Å²) in [6.45, 7) is 0.204. The Kier molecular flexibility index (Phi) is 5.14. The summed E-state index contributed by atoms with van der Waals surface area (Å²) in [6.07, 6.45) is 1.55. The summed E-state index contributed by atoms with van der Waals surface area (Å²) in [5.74, 6) is 0.443. The summed E-state index contributed by atoms with van der Waals surface area (Å²) in [5, 5.41) is 2.94. The molecule has 6 nitrogen and oxygen atoms in total. The number of ether oxygens (including phenoxy) is 2.